The Morgan fingerprint density at radius 1 is 1.57 bits per heavy atom. The molecule has 1 aliphatic heterocycles. The zero-order valence-corrected chi connectivity index (χ0v) is 8.10. The number of amides is 2. The van der Waals surface area contributed by atoms with Crippen molar-refractivity contribution in [2.45, 2.75) is 19.0 Å². The van der Waals surface area contributed by atoms with Crippen LogP contribution in [0.25, 0.3) is 0 Å². The van der Waals surface area contributed by atoms with Crippen LogP contribution in [-0.4, -0.2) is 48.6 Å². The first-order valence-electron chi connectivity index (χ1n) is 4.47. The number of hydrogen-bond donors (Lipinski definition) is 2. The molecule has 1 unspecified atom stereocenters. The van der Waals surface area contributed by atoms with Crippen LogP contribution in [0.4, 0.5) is 4.79 Å². The van der Waals surface area contributed by atoms with Gasteiger partial charge >= 0.3 is 6.03 Å². The lowest BCUT2D eigenvalue weighted by atomic mass is 10.1. The van der Waals surface area contributed by atoms with Gasteiger partial charge in [-0.25, -0.2) is 4.79 Å². The van der Waals surface area contributed by atoms with Crippen LogP contribution in [0, 0.1) is 0 Å². The van der Waals surface area contributed by atoms with Gasteiger partial charge in [-0.2, -0.15) is 0 Å². The first-order chi connectivity index (χ1) is 6.54. The van der Waals surface area contributed by atoms with Crippen LogP contribution in [0.15, 0.2) is 0 Å². The molecule has 0 saturated carbocycles. The van der Waals surface area contributed by atoms with E-state index < -0.39 is 18.1 Å². The van der Waals surface area contributed by atoms with E-state index in [9.17, 15) is 9.59 Å². The van der Waals surface area contributed by atoms with Crippen LogP contribution in [0.5, 0.6) is 0 Å². The van der Waals surface area contributed by atoms with Crippen molar-refractivity contribution in [3.05, 3.63) is 0 Å². The molecule has 1 heterocycles. The van der Waals surface area contributed by atoms with Gasteiger partial charge in [-0.05, 0) is 6.92 Å². The van der Waals surface area contributed by atoms with E-state index in [-0.39, 0.29) is 12.4 Å². The number of nitrogens with zero attached hydrogens (tertiary/aromatic N) is 1. The van der Waals surface area contributed by atoms with E-state index in [4.69, 9.17) is 16.2 Å². The summed E-state index contributed by atoms with van der Waals surface area (Å²) in [4.78, 5) is 23.9. The van der Waals surface area contributed by atoms with Crippen LogP contribution in [0.1, 0.15) is 6.92 Å². The number of morpholine rings is 1. The maximum atomic E-state index is 11.6. The summed E-state index contributed by atoms with van der Waals surface area (Å²) in [5, 5.41) is 0. The van der Waals surface area contributed by atoms with Crippen molar-refractivity contribution >= 4 is 11.8 Å². The fraction of sp³-hybridized carbons (Fsp3) is 0.750. The van der Waals surface area contributed by atoms with E-state index in [1.54, 1.807) is 6.92 Å². The first-order valence-corrected chi connectivity index (χ1v) is 4.47. The SMILES string of the molecule is C[C@H](N)C(=O)C1COCCN1C(N)=O. The van der Waals surface area contributed by atoms with E-state index in [0.717, 1.165) is 0 Å². The predicted octanol–water partition coefficient (Wildman–Crippen LogP) is -1.32. The van der Waals surface area contributed by atoms with Crippen molar-refractivity contribution in [2.24, 2.45) is 11.5 Å². The van der Waals surface area contributed by atoms with E-state index >= 15 is 0 Å². The van der Waals surface area contributed by atoms with Gasteiger partial charge in [-0.15, -0.1) is 0 Å². The highest BCUT2D eigenvalue weighted by molar-refractivity contribution is 5.91. The van der Waals surface area contributed by atoms with E-state index in [1.807, 2.05) is 0 Å². The standard InChI is InChI=1S/C8H15N3O3/c1-5(9)7(12)6-4-14-3-2-11(6)8(10)13/h5-6H,2-4,9H2,1H3,(H2,10,13)/t5-,6?/m0/s1. The molecule has 14 heavy (non-hydrogen) atoms. The minimum absolute atomic E-state index is 0.184. The number of nitrogens with two attached hydrogens (primary N) is 2. The highest BCUT2D eigenvalue weighted by Crippen LogP contribution is 2.08. The molecular weight excluding hydrogens is 186 g/mol. The molecule has 2 atom stereocenters. The van der Waals surface area contributed by atoms with Gasteiger partial charge in [0.05, 0.1) is 19.3 Å². The lowest BCUT2D eigenvalue weighted by Crippen LogP contribution is -2.57. The van der Waals surface area contributed by atoms with Gasteiger partial charge < -0.3 is 21.1 Å². The topological polar surface area (TPSA) is 98.7 Å². The van der Waals surface area contributed by atoms with E-state index in [2.05, 4.69) is 0 Å². The molecule has 0 aromatic carbocycles. The molecule has 0 aromatic rings. The molecule has 1 aliphatic rings. The van der Waals surface area contributed by atoms with Crippen molar-refractivity contribution < 1.29 is 14.3 Å². The largest absolute Gasteiger partial charge is 0.377 e. The van der Waals surface area contributed by atoms with Crippen molar-refractivity contribution in [3.63, 3.8) is 0 Å². The molecule has 6 nitrogen and oxygen atoms in total. The molecule has 0 radical (unpaired) electrons. The fourth-order valence-corrected chi connectivity index (χ4v) is 1.41. The highest BCUT2D eigenvalue weighted by atomic mass is 16.5. The fourth-order valence-electron chi connectivity index (χ4n) is 1.41. The lowest BCUT2D eigenvalue weighted by Gasteiger charge is -2.33. The molecule has 2 amide bonds. The van der Waals surface area contributed by atoms with Gasteiger partial charge in [0.1, 0.15) is 6.04 Å². The second kappa shape index (κ2) is 4.39. The number of rotatable bonds is 2. The number of carbonyl (C=O) groups is 2. The molecule has 4 N–H and O–H groups in total. The van der Waals surface area contributed by atoms with Gasteiger partial charge in [-0.1, -0.05) is 0 Å². The molecule has 0 aliphatic carbocycles. The Bertz CT molecular complexity index is 242. The molecule has 0 aromatic heterocycles. The minimum Gasteiger partial charge on any atom is -0.377 e. The third-order valence-electron chi connectivity index (χ3n) is 2.19. The average molecular weight is 201 g/mol. The van der Waals surface area contributed by atoms with Crippen molar-refractivity contribution in [1.82, 2.24) is 4.90 Å². The maximum absolute atomic E-state index is 11.6. The van der Waals surface area contributed by atoms with Crippen LogP contribution >= 0.6 is 0 Å². The van der Waals surface area contributed by atoms with Gasteiger partial charge in [0.15, 0.2) is 5.78 Å². The maximum Gasteiger partial charge on any atom is 0.315 e. The second-order valence-corrected chi connectivity index (χ2v) is 3.31. The molecular formula is C8H15N3O3. The predicted molar refractivity (Wildman–Crippen MR) is 49.6 cm³/mol. The Labute approximate surface area is 82.2 Å². The van der Waals surface area contributed by atoms with Crippen LogP contribution in [0.3, 0.4) is 0 Å². The molecule has 0 spiro atoms. The van der Waals surface area contributed by atoms with E-state index in [1.165, 1.54) is 4.90 Å². The number of primary amides is 1. The van der Waals surface area contributed by atoms with Crippen LogP contribution in [0.2, 0.25) is 0 Å². The minimum atomic E-state index is -0.624. The summed E-state index contributed by atoms with van der Waals surface area (Å²) in [5.74, 6) is -0.219. The van der Waals surface area contributed by atoms with Gasteiger partial charge in [-0.3, -0.25) is 4.79 Å². The number of ketones is 1. The normalized spacial score (nSPS) is 24.4. The highest BCUT2D eigenvalue weighted by Gasteiger charge is 2.32. The zero-order valence-electron chi connectivity index (χ0n) is 8.10. The van der Waals surface area contributed by atoms with Crippen molar-refractivity contribution in [3.8, 4) is 0 Å². The quantitative estimate of drug-likeness (QED) is 0.579. The Morgan fingerprint density at radius 3 is 2.71 bits per heavy atom. The summed E-state index contributed by atoms with van der Waals surface area (Å²) in [6, 6.07) is -1.84. The monoisotopic (exact) mass is 201 g/mol. The first kappa shape index (κ1) is 10.9. The number of hydrogen-bond acceptors (Lipinski definition) is 4. The van der Waals surface area contributed by atoms with Crippen LogP contribution in [-0.2, 0) is 9.53 Å². The Hall–Kier alpha value is -1.14. The van der Waals surface area contributed by atoms with Crippen molar-refractivity contribution in [1.29, 1.82) is 0 Å². The summed E-state index contributed by atoms with van der Waals surface area (Å²) in [6.07, 6.45) is 0. The number of carbonyl (C=O) groups excluding carboxylic acids is 2. The smallest absolute Gasteiger partial charge is 0.315 e. The van der Waals surface area contributed by atoms with E-state index in [0.29, 0.717) is 13.2 Å². The second-order valence-electron chi connectivity index (χ2n) is 3.31. The molecule has 1 fully saturated rings. The molecule has 1 rings (SSSR count). The summed E-state index contributed by atoms with van der Waals surface area (Å²) in [6.45, 7) is 2.52. The number of Topliss-reactive ketones (excluding diaryl/α,β-unsaturated/α-hetero) is 1. The van der Waals surface area contributed by atoms with Gasteiger partial charge in [0, 0.05) is 6.54 Å². The van der Waals surface area contributed by atoms with Gasteiger partial charge in [0.2, 0.25) is 0 Å². The summed E-state index contributed by atoms with van der Waals surface area (Å²) in [5.41, 5.74) is 10.6. The summed E-state index contributed by atoms with van der Waals surface area (Å²) < 4.78 is 5.11. The van der Waals surface area contributed by atoms with Gasteiger partial charge in [0.25, 0.3) is 0 Å². The Balaban J connectivity index is 2.72. The zero-order chi connectivity index (χ0) is 10.7. The van der Waals surface area contributed by atoms with Crippen molar-refractivity contribution in [2.75, 3.05) is 19.8 Å². The number of urea groups is 1. The van der Waals surface area contributed by atoms with Crippen LogP contribution < -0.4 is 11.5 Å². The molecule has 80 valence electrons. The molecule has 0 bridgehead atoms. The average Bonchev–Trinajstić information content (AvgIpc) is 2.16. The third-order valence-corrected chi connectivity index (χ3v) is 2.19. The Morgan fingerprint density at radius 2 is 2.21 bits per heavy atom. The molecule has 6 heteroatoms. The summed E-state index contributed by atoms with van der Waals surface area (Å²) in [7, 11) is 0. The number of ether oxygens (including phenoxy) is 1. The Kier molecular flexibility index (Phi) is 3.43. The third kappa shape index (κ3) is 2.21. The molecule has 1 saturated heterocycles. The lowest BCUT2D eigenvalue weighted by molar-refractivity contribution is -0.129. The summed E-state index contributed by atoms with van der Waals surface area (Å²) >= 11 is 0.